The van der Waals surface area contributed by atoms with Gasteiger partial charge in [0.2, 0.25) is 0 Å². The first-order chi connectivity index (χ1) is 18.1. The minimum atomic E-state index is -0.426. The molecule has 1 saturated carbocycles. The van der Waals surface area contributed by atoms with Gasteiger partial charge in [0, 0.05) is 11.5 Å². The minimum Gasteiger partial charge on any atom is -0.494 e. The van der Waals surface area contributed by atoms with E-state index >= 15 is 0 Å². The smallest absolute Gasteiger partial charge is 0.315 e. The number of carbonyl (C=O) groups excluding carboxylic acids is 2. The molecule has 202 valence electrons. The molecular weight excluding hydrogens is 464 g/mol. The summed E-state index contributed by atoms with van der Waals surface area (Å²) in [6, 6.07) is 14.6. The Morgan fingerprint density at radius 2 is 1.14 bits per heavy atom. The van der Waals surface area contributed by atoms with Crippen molar-refractivity contribution in [2.24, 2.45) is 11.8 Å². The van der Waals surface area contributed by atoms with Crippen LogP contribution in [0.3, 0.4) is 0 Å². The third-order valence-electron chi connectivity index (χ3n) is 7.12. The maximum Gasteiger partial charge on any atom is 0.315 e. The Kier molecular flexibility index (Phi) is 12.5. The Morgan fingerprint density at radius 1 is 0.649 bits per heavy atom. The van der Waals surface area contributed by atoms with Crippen molar-refractivity contribution >= 4 is 11.8 Å². The highest BCUT2D eigenvalue weighted by Gasteiger charge is 2.37. The second-order valence-corrected chi connectivity index (χ2v) is 10.1. The van der Waals surface area contributed by atoms with E-state index in [-0.39, 0.29) is 17.7 Å². The van der Waals surface area contributed by atoms with E-state index in [1.807, 2.05) is 36.4 Å². The molecule has 0 heterocycles. The predicted octanol–water partition coefficient (Wildman–Crippen LogP) is 8.20. The standard InChI is InChI=1S/C32H44O5/c1-3-5-7-11-23-35-26-17-15-25(16-18-26)31(33)29-13-9-10-14-30(29)32(34)37-28-21-19-27(20-22-28)36-24-12-8-6-4-2/h15-22,29-30H,3-14,23-24H2,1-2H3/t29-,30-/m1/s1. The molecular formula is C32H44O5. The molecule has 0 bridgehead atoms. The number of hydrogen-bond acceptors (Lipinski definition) is 5. The van der Waals surface area contributed by atoms with Crippen LogP contribution in [0.15, 0.2) is 48.5 Å². The maximum atomic E-state index is 13.4. The highest BCUT2D eigenvalue weighted by Crippen LogP contribution is 2.34. The topological polar surface area (TPSA) is 61.8 Å². The number of carbonyl (C=O) groups is 2. The monoisotopic (exact) mass is 508 g/mol. The summed E-state index contributed by atoms with van der Waals surface area (Å²) >= 11 is 0. The summed E-state index contributed by atoms with van der Waals surface area (Å²) in [7, 11) is 0. The summed E-state index contributed by atoms with van der Waals surface area (Å²) < 4.78 is 17.3. The Hall–Kier alpha value is -2.82. The molecule has 0 unspecified atom stereocenters. The largest absolute Gasteiger partial charge is 0.494 e. The maximum absolute atomic E-state index is 13.4. The van der Waals surface area contributed by atoms with E-state index in [0.29, 0.717) is 37.4 Å². The fourth-order valence-corrected chi connectivity index (χ4v) is 4.89. The van der Waals surface area contributed by atoms with Crippen LogP contribution >= 0.6 is 0 Å². The summed E-state index contributed by atoms with van der Waals surface area (Å²) in [4.78, 5) is 26.4. The Morgan fingerprint density at radius 3 is 1.68 bits per heavy atom. The van der Waals surface area contributed by atoms with Crippen LogP contribution in [0.4, 0.5) is 0 Å². The molecule has 2 aromatic carbocycles. The molecule has 0 N–H and O–H groups in total. The lowest BCUT2D eigenvalue weighted by Crippen LogP contribution is -2.35. The number of esters is 1. The molecule has 1 aliphatic rings. The molecule has 1 aliphatic carbocycles. The van der Waals surface area contributed by atoms with Crippen LogP contribution in [-0.2, 0) is 4.79 Å². The molecule has 37 heavy (non-hydrogen) atoms. The van der Waals surface area contributed by atoms with Crippen molar-refractivity contribution < 1.29 is 23.8 Å². The van der Waals surface area contributed by atoms with Crippen LogP contribution < -0.4 is 14.2 Å². The highest BCUT2D eigenvalue weighted by molar-refractivity contribution is 6.00. The number of ketones is 1. The highest BCUT2D eigenvalue weighted by atomic mass is 16.5. The van der Waals surface area contributed by atoms with Crippen molar-refractivity contribution in [1.29, 1.82) is 0 Å². The van der Waals surface area contributed by atoms with E-state index in [4.69, 9.17) is 14.2 Å². The normalized spacial score (nSPS) is 17.2. The van der Waals surface area contributed by atoms with E-state index in [9.17, 15) is 9.59 Å². The molecule has 1 fully saturated rings. The molecule has 3 rings (SSSR count). The minimum absolute atomic E-state index is 0.0166. The number of Topliss-reactive ketones (excluding diaryl/α,β-unsaturated/α-hetero) is 1. The Labute approximate surface area is 222 Å². The van der Waals surface area contributed by atoms with E-state index < -0.39 is 5.92 Å². The zero-order chi connectivity index (χ0) is 26.3. The lowest BCUT2D eigenvalue weighted by molar-refractivity contribution is -0.141. The molecule has 0 aliphatic heterocycles. The summed E-state index contributed by atoms with van der Waals surface area (Å²) in [6.07, 6.45) is 12.5. The van der Waals surface area contributed by atoms with E-state index in [2.05, 4.69) is 13.8 Å². The SMILES string of the molecule is CCCCCCOc1ccc(OC(=O)[C@@H]2CCCC[C@H]2C(=O)c2ccc(OCCCCCC)cc2)cc1. The van der Waals surface area contributed by atoms with Gasteiger partial charge in [-0.15, -0.1) is 0 Å². The van der Waals surface area contributed by atoms with Crippen molar-refractivity contribution in [3.63, 3.8) is 0 Å². The number of ether oxygens (including phenoxy) is 3. The van der Waals surface area contributed by atoms with Gasteiger partial charge in [-0.05, 0) is 74.2 Å². The average Bonchev–Trinajstić information content (AvgIpc) is 2.93. The first kappa shape index (κ1) is 28.7. The Bertz CT molecular complexity index is 935. The van der Waals surface area contributed by atoms with Crippen molar-refractivity contribution in [3.8, 4) is 17.2 Å². The Balaban J connectivity index is 1.52. The molecule has 0 amide bonds. The van der Waals surface area contributed by atoms with Crippen molar-refractivity contribution in [1.82, 2.24) is 0 Å². The molecule has 5 nitrogen and oxygen atoms in total. The number of rotatable bonds is 16. The van der Waals surface area contributed by atoms with Gasteiger partial charge < -0.3 is 14.2 Å². The summed E-state index contributed by atoms with van der Waals surface area (Å²) in [6.45, 7) is 5.76. The van der Waals surface area contributed by atoms with Crippen molar-refractivity contribution in [3.05, 3.63) is 54.1 Å². The molecule has 2 atom stereocenters. The average molecular weight is 509 g/mol. The molecule has 0 radical (unpaired) electrons. The van der Waals surface area contributed by atoms with E-state index in [1.54, 1.807) is 12.1 Å². The summed E-state index contributed by atoms with van der Waals surface area (Å²) in [5.74, 6) is 0.955. The third kappa shape index (κ3) is 9.53. The van der Waals surface area contributed by atoms with Gasteiger partial charge in [0.05, 0.1) is 19.1 Å². The zero-order valence-electron chi connectivity index (χ0n) is 22.7. The van der Waals surface area contributed by atoms with Crippen LogP contribution in [0, 0.1) is 11.8 Å². The first-order valence-electron chi connectivity index (χ1n) is 14.3. The van der Waals surface area contributed by atoms with Crippen molar-refractivity contribution in [2.45, 2.75) is 90.9 Å². The van der Waals surface area contributed by atoms with Crippen molar-refractivity contribution in [2.75, 3.05) is 13.2 Å². The zero-order valence-corrected chi connectivity index (χ0v) is 22.7. The van der Waals surface area contributed by atoms with Gasteiger partial charge >= 0.3 is 5.97 Å². The van der Waals surface area contributed by atoms with Crippen LogP contribution in [0.5, 0.6) is 17.2 Å². The number of hydrogen-bond donors (Lipinski definition) is 0. The quantitative estimate of drug-likeness (QED) is 0.0989. The van der Waals surface area contributed by atoms with Gasteiger partial charge in [-0.2, -0.15) is 0 Å². The van der Waals surface area contributed by atoms with Gasteiger partial charge in [-0.25, -0.2) is 0 Å². The van der Waals surface area contributed by atoms with Gasteiger partial charge in [-0.1, -0.05) is 65.2 Å². The van der Waals surface area contributed by atoms with E-state index in [0.717, 1.165) is 37.2 Å². The fraction of sp³-hybridized carbons (Fsp3) is 0.562. The van der Waals surface area contributed by atoms with E-state index in [1.165, 1.54) is 38.5 Å². The number of benzene rings is 2. The van der Waals surface area contributed by atoms with Crippen LogP contribution in [0.1, 0.15) is 101 Å². The fourth-order valence-electron chi connectivity index (χ4n) is 4.89. The van der Waals surface area contributed by atoms with Gasteiger partial charge in [0.1, 0.15) is 17.2 Å². The van der Waals surface area contributed by atoms with Crippen LogP contribution in [0.25, 0.3) is 0 Å². The van der Waals surface area contributed by atoms with Gasteiger partial charge in [0.15, 0.2) is 5.78 Å². The molecule has 0 aromatic heterocycles. The second-order valence-electron chi connectivity index (χ2n) is 10.1. The second kappa shape index (κ2) is 16.1. The lowest BCUT2D eigenvalue weighted by Gasteiger charge is -2.28. The summed E-state index contributed by atoms with van der Waals surface area (Å²) in [5, 5.41) is 0. The summed E-state index contributed by atoms with van der Waals surface area (Å²) in [5.41, 5.74) is 0.628. The molecule has 5 heteroatoms. The predicted molar refractivity (Wildman–Crippen MR) is 148 cm³/mol. The first-order valence-corrected chi connectivity index (χ1v) is 14.3. The number of unbranched alkanes of at least 4 members (excludes halogenated alkanes) is 6. The van der Waals surface area contributed by atoms with Crippen LogP contribution in [0.2, 0.25) is 0 Å². The third-order valence-corrected chi connectivity index (χ3v) is 7.12. The molecule has 2 aromatic rings. The lowest BCUT2D eigenvalue weighted by atomic mass is 9.75. The van der Waals surface area contributed by atoms with Crippen LogP contribution in [-0.4, -0.2) is 25.0 Å². The van der Waals surface area contributed by atoms with Gasteiger partial charge in [0.25, 0.3) is 0 Å². The van der Waals surface area contributed by atoms with Gasteiger partial charge in [-0.3, -0.25) is 9.59 Å². The molecule has 0 spiro atoms. The molecule has 0 saturated heterocycles.